The predicted molar refractivity (Wildman–Crippen MR) is 91.5 cm³/mol. The summed E-state index contributed by atoms with van der Waals surface area (Å²) in [5, 5.41) is 6.21. The lowest BCUT2D eigenvalue weighted by Crippen LogP contribution is -1.89. The van der Waals surface area contributed by atoms with Gasteiger partial charge < -0.3 is 10.1 Å². The molecule has 1 heterocycles. The van der Waals surface area contributed by atoms with Gasteiger partial charge >= 0.3 is 0 Å². The van der Waals surface area contributed by atoms with Gasteiger partial charge in [0.15, 0.2) is 5.13 Å². The first-order valence-corrected chi connectivity index (χ1v) is 8.04. The molecule has 0 bridgehead atoms. The van der Waals surface area contributed by atoms with Gasteiger partial charge in [0.25, 0.3) is 0 Å². The number of thiazole rings is 1. The van der Waals surface area contributed by atoms with Crippen LogP contribution in [-0.2, 0) is 0 Å². The van der Waals surface area contributed by atoms with Crippen LogP contribution in [0, 0.1) is 0 Å². The summed E-state index contributed by atoms with van der Waals surface area (Å²) in [6.07, 6.45) is 0. The van der Waals surface area contributed by atoms with Crippen molar-refractivity contribution in [1.29, 1.82) is 0 Å². The van der Waals surface area contributed by atoms with E-state index in [1.54, 1.807) is 18.4 Å². The van der Waals surface area contributed by atoms with E-state index in [4.69, 9.17) is 4.74 Å². The zero-order valence-electron chi connectivity index (χ0n) is 11.3. The molecule has 0 radical (unpaired) electrons. The molecule has 0 spiro atoms. The Morgan fingerprint density at radius 2 is 1.95 bits per heavy atom. The molecular weight excluding hydrogens is 348 g/mol. The Labute approximate surface area is 135 Å². The fraction of sp³-hybridized carbons (Fsp3) is 0.0625. The molecule has 3 aromatic rings. The normalized spacial score (nSPS) is 10.4. The molecule has 0 atom stereocenters. The number of hydrogen-bond donors (Lipinski definition) is 1. The number of aromatic nitrogens is 1. The van der Waals surface area contributed by atoms with Crippen molar-refractivity contribution in [1.82, 2.24) is 4.98 Å². The maximum Gasteiger partial charge on any atom is 0.187 e. The third-order valence-electron chi connectivity index (χ3n) is 2.97. The van der Waals surface area contributed by atoms with Gasteiger partial charge in [-0.3, -0.25) is 0 Å². The van der Waals surface area contributed by atoms with Gasteiger partial charge in [-0.1, -0.05) is 28.1 Å². The molecule has 0 aliphatic heterocycles. The molecule has 21 heavy (non-hydrogen) atoms. The third-order valence-corrected chi connectivity index (χ3v) is 4.25. The van der Waals surface area contributed by atoms with Crippen molar-refractivity contribution in [2.75, 3.05) is 12.4 Å². The molecule has 0 saturated heterocycles. The quantitative estimate of drug-likeness (QED) is 0.683. The molecule has 5 heteroatoms. The van der Waals surface area contributed by atoms with E-state index in [0.717, 1.165) is 32.3 Å². The maximum absolute atomic E-state index is 5.25. The molecule has 1 aromatic heterocycles. The van der Waals surface area contributed by atoms with Crippen LogP contribution >= 0.6 is 27.3 Å². The van der Waals surface area contributed by atoms with Gasteiger partial charge in [0, 0.05) is 21.1 Å². The summed E-state index contributed by atoms with van der Waals surface area (Å²) in [4.78, 5) is 4.61. The Morgan fingerprint density at radius 1 is 1.14 bits per heavy atom. The lowest BCUT2D eigenvalue weighted by Gasteiger charge is -2.03. The standard InChI is InChI=1S/C16H13BrN2OS/c1-20-14-4-2-3-11(9-14)15-10-21-16(19-15)18-13-7-5-12(17)6-8-13/h2-10H,1H3,(H,18,19). The Morgan fingerprint density at radius 3 is 2.71 bits per heavy atom. The molecule has 3 rings (SSSR count). The molecule has 3 nitrogen and oxygen atoms in total. The lowest BCUT2D eigenvalue weighted by atomic mass is 10.2. The summed E-state index contributed by atoms with van der Waals surface area (Å²) in [5.41, 5.74) is 3.01. The van der Waals surface area contributed by atoms with Gasteiger partial charge in [-0.2, -0.15) is 0 Å². The van der Waals surface area contributed by atoms with E-state index >= 15 is 0 Å². The van der Waals surface area contributed by atoms with Gasteiger partial charge in [0.1, 0.15) is 5.75 Å². The summed E-state index contributed by atoms with van der Waals surface area (Å²) in [6, 6.07) is 15.9. The molecule has 0 fully saturated rings. The van der Waals surface area contributed by atoms with Gasteiger partial charge in [-0.15, -0.1) is 11.3 Å². The molecule has 0 unspecified atom stereocenters. The van der Waals surface area contributed by atoms with Gasteiger partial charge in [0.05, 0.1) is 12.8 Å². The molecule has 0 aliphatic carbocycles. The predicted octanol–water partition coefficient (Wildman–Crippen LogP) is 5.32. The van der Waals surface area contributed by atoms with E-state index in [2.05, 4.69) is 26.2 Å². The van der Waals surface area contributed by atoms with Crippen molar-refractivity contribution in [3.05, 3.63) is 58.4 Å². The number of rotatable bonds is 4. The Kier molecular flexibility index (Phi) is 4.22. The topological polar surface area (TPSA) is 34.1 Å². The van der Waals surface area contributed by atoms with Gasteiger partial charge in [0.2, 0.25) is 0 Å². The summed E-state index contributed by atoms with van der Waals surface area (Å²) < 4.78 is 6.31. The zero-order chi connectivity index (χ0) is 14.7. The molecule has 106 valence electrons. The highest BCUT2D eigenvalue weighted by Crippen LogP contribution is 2.29. The molecule has 0 saturated carbocycles. The zero-order valence-corrected chi connectivity index (χ0v) is 13.7. The van der Waals surface area contributed by atoms with Crippen molar-refractivity contribution < 1.29 is 4.74 Å². The van der Waals surface area contributed by atoms with Crippen LogP contribution in [0.15, 0.2) is 58.4 Å². The van der Waals surface area contributed by atoms with Gasteiger partial charge in [-0.25, -0.2) is 4.98 Å². The second kappa shape index (κ2) is 6.28. The summed E-state index contributed by atoms with van der Waals surface area (Å²) >= 11 is 5.01. The minimum Gasteiger partial charge on any atom is -0.497 e. The Hall–Kier alpha value is -1.85. The average Bonchev–Trinajstić information content (AvgIpc) is 2.98. The number of halogens is 1. The van der Waals surface area contributed by atoms with Crippen LogP contribution in [0.25, 0.3) is 11.3 Å². The smallest absolute Gasteiger partial charge is 0.187 e. The van der Waals surface area contributed by atoms with Crippen LogP contribution in [0.3, 0.4) is 0 Å². The second-order valence-corrected chi connectivity index (χ2v) is 6.18. The summed E-state index contributed by atoms with van der Waals surface area (Å²) in [5.74, 6) is 0.836. The number of hydrogen-bond acceptors (Lipinski definition) is 4. The van der Waals surface area contributed by atoms with Crippen LogP contribution in [0.4, 0.5) is 10.8 Å². The van der Waals surface area contributed by atoms with E-state index in [9.17, 15) is 0 Å². The number of methoxy groups -OCH3 is 1. The molecular formula is C16H13BrN2OS. The fourth-order valence-electron chi connectivity index (χ4n) is 1.90. The largest absolute Gasteiger partial charge is 0.497 e. The highest BCUT2D eigenvalue weighted by molar-refractivity contribution is 9.10. The van der Waals surface area contributed by atoms with Crippen LogP contribution in [0.2, 0.25) is 0 Å². The fourth-order valence-corrected chi connectivity index (χ4v) is 2.91. The first-order valence-electron chi connectivity index (χ1n) is 6.37. The van der Waals surface area contributed by atoms with Crippen LogP contribution < -0.4 is 10.1 Å². The third kappa shape index (κ3) is 3.43. The molecule has 0 aliphatic rings. The van der Waals surface area contributed by atoms with E-state index in [0.29, 0.717) is 0 Å². The number of nitrogens with one attached hydrogen (secondary N) is 1. The minimum atomic E-state index is 0.836. The van der Waals surface area contributed by atoms with E-state index < -0.39 is 0 Å². The van der Waals surface area contributed by atoms with Gasteiger partial charge in [-0.05, 0) is 36.4 Å². The lowest BCUT2D eigenvalue weighted by molar-refractivity contribution is 0.415. The molecule has 1 N–H and O–H groups in total. The first kappa shape index (κ1) is 14.1. The van der Waals surface area contributed by atoms with Crippen molar-refractivity contribution in [2.45, 2.75) is 0 Å². The Bertz CT molecular complexity index is 740. The monoisotopic (exact) mass is 360 g/mol. The number of benzene rings is 2. The second-order valence-electron chi connectivity index (χ2n) is 4.40. The van der Waals surface area contributed by atoms with Crippen molar-refractivity contribution >= 4 is 38.1 Å². The maximum atomic E-state index is 5.25. The molecule has 2 aromatic carbocycles. The highest BCUT2D eigenvalue weighted by atomic mass is 79.9. The average molecular weight is 361 g/mol. The van der Waals surface area contributed by atoms with Crippen molar-refractivity contribution in [3.63, 3.8) is 0 Å². The minimum absolute atomic E-state index is 0.836. The molecule has 0 amide bonds. The highest BCUT2D eigenvalue weighted by Gasteiger charge is 2.06. The number of ether oxygens (including phenoxy) is 1. The first-order chi connectivity index (χ1) is 10.2. The van der Waals surface area contributed by atoms with E-state index in [1.165, 1.54) is 0 Å². The van der Waals surface area contributed by atoms with E-state index in [-0.39, 0.29) is 0 Å². The summed E-state index contributed by atoms with van der Waals surface area (Å²) in [7, 11) is 1.67. The Balaban J connectivity index is 1.81. The number of anilines is 2. The van der Waals surface area contributed by atoms with E-state index in [1.807, 2.05) is 53.9 Å². The van der Waals surface area contributed by atoms with Crippen molar-refractivity contribution in [2.24, 2.45) is 0 Å². The van der Waals surface area contributed by atoms with Crippen molar-refractivity contribution in [3.8, 4) is 17.0 Å². The SMILES string of the molecule is COc1cccc(-c2csc(Nc3ccc(Br)cc3)n2)c1. The van der Waals surface area contributed by atoms with Crippen LogP contribution in [0.1, 0.15) is 0 Å². The van der Waals surface area contributed by atoms with Crippen LogP contribution in [0.5, 0.6) is 5.75 Å². The summed E-state index contributed by atoms with van der Waals surface area (Å²) in [6.45, 7) is 0. The number of nitrogens with zero attached hydrogens (tertiary/aromatic N) is 1. The van der Waals surface area contributed by atoms with Crippen LogP contribution in [-0.4, -0.2) is 12.1 Å².